The van der Waals surface area contributed by atoms with Gasteiger partial charge in [0.05, 0.1) is 7.11 Å². The van der Waals surface area contributed by atoms with Gasteiger partial charge in [-0.05, 0) is 40.0 Å². The fourth-order valence-corrected chi connectivity index (χ4v) is 2.36. The second kappa shape index (κ2) is 11.1. The zero-order valence-electron chi connectivity index (χ0n) is 14.0. The SMILES string of the molecule is CCCCCCOCCCC(C)(NC(C)C)C(=O)OC. The molecule has 0 aliphatic carbocycles. The van der Waals surface area contributed by atoms with Crippen LogP contribution < -0.4 is 5.32 Å². The van der Waals surface area contributed by atoms with Gasteiger partial charge in [0.25, 0.3) is 0 Å². The number of ether oxygens (including phenoxy) is 2. The molecule has 0 heterocycles. The molecular weight excluding hydrogens is 254 g/mol. The molecule has 0 aromatic rings. The van der Waals surface area contributed by atoms with Gasteiger partial charge < -0.3 is 9.47 Å². The summed E-state index contributed by atoms with van der Waals surface area (Å²) in [5, 5.41) is 3.30. The van der Waals surface area contributed by atoms with Crippen molar-refractivity contribution in [1.29, 1.82) is 0 Å². The van der Waals surface area contributed by atoms with Gasteiger partial charge in [0.2, 0.25) is 0 Å². The topological polar surface area (TPSA) is 47.6 Å². The highest BCUT2D eigenvalue weighted by Gasteiger charge is 2.33. The van der Waals surface area contributed by atoms with Crippen molar-refractivity contribution in [3.63, 3.8) is 0 Å². The van der Waals surface area contributed by atoms with Crippen LogP contribution in [0.15, 0.2) is 0 Å². The molecular formula is C16H33NO3. The maximum absolute atomic E-state index is 11.9. The molecule has 0 radical (unpaired) electrons. The number of carbonyl (C=O) groups is 1. The van der Waals surface area contributed by atoms with Gasteiger partial charge in [-0.25, -0.2) is 0 Å². The van der Waals surface area contributed by atoms with Crippen LogP contribution in [0.2, 0.25) is 0 Å². The second-order valence-electron chi connectivity index (χ2n) is 5.90. The first-order valence-corrected chi connectivity index (χ1v) is 7.90. The minimum atomic E-state index is -0.617. The number of esters is 1. The van der Waals surface area contributed by atoms with Crippen LogP contribution in [0.4, 0.5) is 0 Å². The fourth-order valence-electron chi connectivity index (χ4n) is 2.36. The van der Waals surface area contributed by atoms with Crippen molar-refractivity contribution in [2.24, 2.45) is 0 Å². The van der Waals surface area contributed by atoms with Crippen LogP contribution in [0.3, 0.4) is 0 Å². The largest absolute Gasteiger partial charge is 0.468 e. The van der Waals surface area contributed by atoms with E-state index in [4.69, 9.17) is 9.47 Å². The highest BCUT2D eigenvalue weighted by atomic mass is 16.5. The normalized spacial score (nSPS) is 14.3. The average molecular weight is 287 g/mol. The number of carbonyl (C=O) groups excluding carboxylic acids is 1. The minimum Gasteiger partial charge on any atom is -0.468 e. The van der Waals surface area contributed by atoms with Gasteiger partial charge in [-0.15, -0.1) is 0 Å². The summed E-state index contributed by atoms with van der Waals surface area (Å²) in [5.74, 6) is -0.200. The van der Waals surface area contributed by atoms with Crippen molar-refractivity contribution >= 4 is 5.97 Å². The Balaban J connectivity index is 3.88. The molecule has 0 amide bonds. The first-order valence-electron chi connectivity index (χ1n) is 7.90. The van der Waals surface area contributed by atoms with Gasteiger partial charge in [-0.2, -0.15) is 0 Å². The number of methoxy groups -OCH3 is 1. The van der Waals surface area contributed by atoms with Gasteiger partial charge >= 0.3 is 5.97 Å². The molecule has 0 aliphatic heterocycles. The van der Waals surface area contributed by atoms with E-state index in [-0.39, 0.29) is 12.0 Å². The quantitative estimate of drug-likeness (QED) is 0.442. The van der Waals surface area contributed by atoms with Crippen LogP contribution in [0.5, 0.6) is 0 Å². The standard InChI is InChI=1S/C16H33NO3/c1-6-7-8-9-12-20-13-10-11-16(4,15(18)19-5)17-14(2)3/h14,17H,6-13H2,1-5H3. The highest BCUT2D eigenvalue weighted by molar-refractivity contribution is 5.80. The minimum absolute atomic E-state index is 0.200. The molecule has 4 heteroatoms. The Labute approximate surface area is 124 Å². The number of unbranched alkanes of at least 4 members (excludes halogenated alkanes) is 3. The third-order valence-corrected chi connectivity index (χ3v) is 3.35. The fraction of sp³-hybridized carbons (Fsp3) is 0.938. The molecule has 0 rings (SSSR count). The molecule has 120 valence electrons. The van der Waals surface area contributed by atoms with Crippen molar-refractivity contribution in [2.45, 2.75) is 77.8 Å². The predicted molar refractivity (Wildman–Crippen MR) is 82.9 cm³/mol. The van der Waals surface area contributed by atoms with Crippen molar-refractivity contribution in [3.05, 3.63) is 0 Å². The van der Waals surface area contributed by atoms with Gasteiger partial charge in [0, 0.05) is 19.3 Å². The predicted octanol–water partition coefficient (Wildman–Crippen LogP) is 3.29. The van der Waals surface area contributed by atoms with Crippen molar-refractivity contribution in [2.75, 3.05) is 20.3 Å². The Kier molecular flexibility index (Phi) is 10.8. The summed E-state index contributed by atoms with van der Waals surface area (Å²) >= 11 is 0. The van der Waals surface area contributed by atoms with Gasteiger partial charge in [-0.1, -0.05) is 26.2 Å². The van der Waals surface area contributed by atoms with E-state index in [1.165, 1.54) is 26.4 Å². The molecule has 0 aromatic carbocycles. The molecule has 0 aliphatic rings. The molecule has 0 saturated carbocycles. The summed E-state index contributed by atoms with van der Waals surface area (Å²) in [6, 6.07) is 0.245. The molecule has 4 nitrogen and oxygen atoms in total. The molecule has 0 saturated heterocycles. The van der Waals surface area contributed by atoms with Crippen LogP contribution in [0.1, 0.15) is 66.2 Å². The van der Waals surface area contributed by atoms with Crippen LogP contribution >= 0.6 is 0 Å². The van der Waals surface area contributed by atoms with Gasteiger partial charge in [0.1, 0.15) is 5.54 Å². The highest BCUT2D eigenvalue weighted by Crippen LogP contribution is 2.15. The van der Waals surface area contributed by atoms with E-state index in [1.54, 1.807) is 0 Å². The summed E-state index contributed by atoms with van der Waals surface area (Å²) in [6.07, 6.45) is 6.49. The number of rotatable bonds is 12. The Morgan fingerprint density at radius 1 is 1.15 bits per heavy atom. The maximum atomic E-state index is 11.9. The lowest BCUT2D eigenvalue weighted by Crippen LogP contribution is -2.53. The Morgan fingerprint density at radius 3 is 2.35 bits per heavy atom. The number of hydrogen-bond acceptors (Lipinski definition) is 4. The molecule has 1 N–H and O–H groups in total. The summed E-state index contributed by atoms with van der Waals surface area (Å²) < 4.78 is 10.5. The van der Waals surface area contributed by atoms with Crippen LogP contribution in [-0.4, -0.2) is 37.9 Å². The Morgan fingerprint density at radius 2 is 1.80 bits per heavy atom. The van der Waals surface area contributed by atoms with E-state index < -0.39 is 5.54 Å². The summed E-state index contributed by atoms with van der Waals surface area (Å²) in [5.41, 5.74) is -0.617. The zero-order chi connectivity index (χ0) is 15.4. The molecule has 1 atom stereocenters. The van der Waals surface area contributed by atoms with E-state index in [1.807, 2.05) is 20.8 Å². The molecule has 0 spiro atoms. The maximum Gasteiger partial charge on any atom is 0.325 e. The summed E-state index contributed by atoms with van der Waals surface area (Å²) in [4.78, 5) is 11.9. The van der Waals surface area contributed by atoms with E-state index in [2.05, 4.69) is 12.2 Å². The molecule has 0 aromatic heterocycles. The van der Waals surface area contributed by atoms with Gasteiger partial charge in [-0.3, -0.25) is 10.1 Å². The summed E-state index contributed by atoms with van der Waals surface area (Å²) in [6.45, 7) is 9.71. The molecule has 20 heavy (non-hydrogen) atoms. The average Bonchev–Trinajstić information content (AvgIpc) is 2.40. The number of hydrogen-bond donors (Lipinski definition) is 1. The first-order chi connectivity index (χ1) is 9.46. The van der Waals surface area contributed by atoms with Crippen LogP contribution in [-0.2, 0) is 14.3 Å². The monoisotopic (exact) mass is 287 g/mol. The van der Waals surface area contributed by atoms with E-state index in [9.17, 15) is 4.79 Å². The van der Waals surface area contributed by atoms with E-state index in [0.717, 1.165) is 25.9 Å². The van der Waals surface area contributed by atoms with Crippen LogP contribution in [0, 0.1) is 0 Å². The van der Waals surface area contributed by atoms with E-state index >= 15 is 0 Å². The van der Waals surface area contributed by atoms with Gasteiger partial charge in [0.15, 0.2) is 0 Å². The molecule has 1 unspecified atom stereocenters. The summed E-state index contributed by atoms with van der Waals surface area (Å²) in [7, 11) is 1.44. The zero-order valence-corrected chi connectivity index (χ0v) is 14.0. The first kappa shape index (κ1) is 19.4. The lowest BCUT2D eigenvalue weighted by atomic mass is 9.95. The third kappa shape index (κ3) is 8.54. The number of nitrogens with one attached hydrogen (secondary N) is 1. The molecule has 0 bridgehead atoms. The Hall–Kier alpha value is -0.610. The Bertz CT molecular complexity index is 256. The van der Waals surface area contributed by atoms with Crippen molar-refractivity contribution in [1.82, 2.24) is 5.32 Å². The lowest BCUT2D eigenvalue weighted by Gasteiger charge is -2.30. The van der Waals surface area contributed by atoms with Crippen molar-refractivity contribution in [3.8, 4) is 0 Å². The smallest absolute Gasteiger partial charge is 0.325 e. The second-order valence-corrected chi connectivity index (χ2v) is 5.90. The third-order valence-electron chi connectivity index (χ3n) is 3.35. The van der Waals surface area contributed by atoms with Crippen molar-refractivity contribution < 1.29 is 14.3 Å². The lowest BCUT2D eigenvalue weighted by molar-refractivity contribution is -0.148. The van der Waals surface area contributed by atoms with E-state index in [0.29, 0.717) is 6.61 Å². The van der Waals surface area contributed by atoms with Crippen LogP contribution in [0.25, 0.3) is 0 Å². The molecule has 0 fully saturated rings.